The van der Waals surface area contributed by atoms with Crippen molar-refractivity contribution in [3.8, 4) is 5.88 Å². The molecule has 0 bridgehead atoms. The van der Waals surface area contributed by atoms with Gasteiger partial charge in [-0.2, -0.15) is 0 Å². The molecule has 0 unspecified atom stereocenters. The first-order valence-corrected chi connectivity index (χ1v) is 5.86. The van der Waals surface area contributed by atoms with E-state index in [-0.39, 0.29) is 22.6 Å². The van der Waals surface area contributed by atoms with E-state index in [1.165, 1.54) is 37.8 Å². The molecule has 2 rings (SSSR count). The minimum absolute atomic E-state index is 0.149. The lowest BCUT2D eigenvalue weighted by molar-refractivity contribution is -0.612. The van der Waals surface area contributed by atoms with Crippen molar-refractivity contribution in [1.29, 1.82) is 0 Å². The van der Waals surface area contributed by atoms with Gasteiger partial charge < -0.3 is 25.5 Å². The van der Waals surface area contributed by atoms with Crippen LogP contribution in [-0.4, -0.2) is 29.3 Å². The quantitative estimate of drug-likeness (QED) is 0.525. The summed E-state index contributed by atoms with van der Waals surface area (Å²) in [5, 5.41) is 32.7. The van der Waals surface area contributed by atoms with Crippen molar-refractivity contribution in [2.24, 2.45) is 0 Å². The molecule has 0 radical (unpaired) electrons. The van der Waals surface area contributed by atoms with Gasteiger partial charge in [-0.3, -0.25) is 0 Å². The lowest BCUT2D eigenvalue weighted by atomic mass is 9.84. The Hall–Kier alpha value is -3.03. The van der Waals surface area contributed by atoms with Crippen LogP contribution in [0.5, 0.6) is 5.88 Å². The second-order valence-corrected chi connectivity index (χ2v) is 4.21. The number of carboxylic acid groups (broad SMARTS) is 2. The van der Waals surface area contributed by atoms with E-state index in [1.54, 1.807) is 0 Å². The Morgan fingerprint density at radius 3 is 2.33 bits per heavy atom. The van der Waals surface area contributed by atoms with Gasteiger partial charge in [-0.1, -0.05) is 0 Å². The number of pyridine rings is 1. The Labute approximate surface area is 119 Å². The fourth-order valence-corrected chi connectivity index (χ4v) is 2.18. The molecule has 1 aromatic rings. The standard InChI is InChI=1S/C13H12N2O6/c1-21-11-7(3-2-4-15(11)20)10-8(12(16)17)5-14-6-9(10)13(18)19/h2-6,10,14H,1H3,(H,16,17)(H,18,19). The highest BCUT2D eigenvalue weighted by atomic mass is 16.5. The van der Waals surface area contributed by atoms with E-state index in [0.29, 0.717) is 4.73 Å². The van der Waals surface area contributed by atoms with Crippen molar-refractivity contribution in [1.82, 2.24) is 5.32 Å². The zero-order chi connectivity index (χ0) is 15.6. The second kappa shape index (κ2) is 5.53. The van der Waals surface area contributed by atoms with Gasteiger partial charge in [0.15, 0.2) is 6.20 Å². The van der Waals surface area contributed by atoms with E-state index in [0.717, 1.165) is 0 Å². The maximum absolute atomic E-state index is 11.7. The maximum Gasteiger partial charge on any atom is 0.383 e. The van der Waals surface area contributed by atoms with Gasteiger partial charge in [0.05, 0.1) is 29.7 Å². The van der Waals surface area contributed by atoms with Crippen LogP contribution in [0.15, 0.2) is 41.9 Å². The second-order valence-electron chi connectivity index (χ2n) is 4.21. The Bertz CT molecular complexity index is 635. The Kier molecular flexibility index (Phi) is 3.79. The average Bonchev–Trinajstić information content (AvgIpc) is 2.45. The predicted octanol–water partition coefficient (Wildman–Crippen LogP) is -0.0476. The monoisotopic (exact) mass is 292 g/mol. The molecule has 0 spiro atoms. The fourth-order valence-electron chi connectivity index (χ4n) is 2.18. The molecule has 1 aliphatic rings. The van der Waals surface area contributed by atoms with Gasteiger partial charge in [0.25, 0.3) is 0 Å². The third-order valence-corrected chi connectivity index (χ3v) is 3.04. The zero-order valence-electron chi connectivity index (χ0n) is 10.9. The summed E-state index contributed by atoms with van der Waals surface area (Å²) >= 11 is 0. The summed E-state index contributed by atoms with van der Waals surface area (Å²) in [6.45, 7) is 0. The van der Waals surface area contributed by atoms with Crippen LogP contribution in [0.25, 0.3) is 0 Å². The molecular formula is C13H12N2O6. The van der Waals surface area contributed by atoms with E-state index in [9.17, 15) is 25.0 Å². The number of methoxy groups -OCH3 is 1. The number of rotatable bonds is 4. The molecule has 1 aromatic heterocycles. The molecule has 8 heteroatoms. The number of nitrogens with one attached hydrogen (secondary N) is 1. The van der Waals surface area contributed by atoms with Crippen molar-refractivity contribution >= 4 is 11.9 Å². The van der Waals surface area contributed by atoms with Crippen molar-refractivity contribution in [2.75, 3.05) is 7.11 Å². The normalized spacial score (nSPS) is 14.7. The van der Waals surface area contributed by atoms with Crippen molar-refractivity contribution in [3.05, 3.63) is 52.6 Å². The van der Waals surface area contributed by atoms with E-state index in [4.69, 9.17) is 4.74 Å². The molecule has 3 N–H and O–H groups in total. The minimum atomic E-state index is -1.29. The van der Waals surface area contributed by atoms with Crippen molar-refractivity contribution in [3.63, 3.8) is 0 Å². The molecule has 0 atom stereocenters. The van der Waals surface area contributed by atoms with Gasteiger partial charge in [-0.25, -0.2) is 9.59 Å². The zero-order valence-corrected chi connectivity index (χ0v) is 10.9. The summed E-state index contributed by atoms with van der Waals surface area (Å²) in [4.78, 5) is 22.7. The minimum Gasteiger partial charge on any atom is -0.616 e. The van der Waals surface area contributed by atoms with Crippen LogP contribution < -0.4 is 14.8 Å². The van der Waals surface area contributed by atoms with Crippen LogP contribution in [0.3, 0.4) is 0 Å². The molecule has 0 aliphatic carbocycles. The Morgan fingerprint density at radius 1 is 1.29 bits per heavy atom. The number of nitrogens with zero attached hydrogens (tertiary/aromatic N) is 1. The number of hydrogen-bond acceptors (Lipinski definition) is 5. The first-order valence-electron chi connectivity index (χ1n) is 5.86. The summed E-state index contributed by atoms with van der Waals surface area (Å²) in [6, 6.07) is 2.85. The van der Waals surface area contributed by atoms with Gasteiger partial charge in [0, 0.05) is 18.5 Å². The van der Waals surface area contributed by atoms with Crippen molar-refractivity contribution in [2.45, 2.75) is 5.92 Å². The molecular weight excluding hydrogens is 280 g/mol. The largest absolute Gasteiger partial charge is 0.616 e. The highest BCUT2D eigenvalue weighted by Crippen LogP contribution is 2.37. The topological polar surface area (TPSA) is 123 Å². The molecule has 8 nitrogen and oxygen atoms in total. The number of aliphatic carboxylic acids is 2. The number of carboxylic acids is 2. The summed E-state index contributed by atoms with van der Waals surface area (Å²) < 4.78 is 5.39. The molecule has 110 valence electrons. The third kappa shape index (κ3) is 2.50. The van der Waals surface area contributed by atoms with Gasteiger partial charge in [-0.15, -0.1) is 4.73 Å². The summed E-state index contributed by atoms with van der Waals surface area (Å²) in [7, 11) is 1.25. The summed E-state index contributed by atoms with van der Waals surface area (Å²) in [5.74, 6) is -3.84. The van der Waals surface area contributed by atoms with E-state index >= 15 is 0 Å². The van der Waals surface area contributed by atoms with Crippen LogP contribution in [-0.2, 0) is 9.59 Å². The number of ether oxygens (including phenoxy) is 1. The van der Waals surface area contributed by atoms with Gasteiger partial charge in [0.1, 0.15) is 0 Å². The van der Waals surface area contributed by atoms with Gasteiger partial charge >= 0.3 is 17.8 Å². The van der Waals surface area contributed by atoms with Crippen LogP contribution in [0.4, 0.5) is 0 Å². The van der Waals surface area contributed by atoms with Crippen LogP contribution in [0.2, 0.25) is 0 Å². The number of carbonyl (C=O) groups is 2. The maximum atomic E-state index is 11.7. The molecule has 0 saturated heterocycles. The molecule has 0 fully saturated rings. The van der Waals surface area contributed by atoms with Gasteiger partial charge in [-0.05, 0) is 6.07 Å². The third-order valence-electron chi connectivity index (χ3n) is 3.04. The number of aromatic nitrogens is 1. The molecule has 21 heavy (non-hydrogen) atoms. The van der Waals surface area contributed by atoms with Crippen LogP contribution in [0, 0.1) is 5.21 Å². The van der Waals surface area contributed by atoms with E-state index in [2.05, 4.69) is 5.32 Å². The lowest BCUT2D eigenvalue weighted by Crippen LogP contribution is -2.32. The summed E-state index contributed by atoms with van der Waals surface area (Å²) in [6.07, 6.45) is 3.54. The first kappa shape index (κ1) is 14.4. The van der Waals surface area contributed by atoms with Gasteiger partial charge in [0.2, 0.25) is 0 Å². The molecule has 1 aliphatic heterocycles. The number of hydrogen-bond donors (Lipinski definition) is 3. The van der Waals surface area contributed by atoms with E-state index < -0.39 is 17.9 Å². The van der Waals surface area contributed by atoms with E-state index in [1.807, 2.05) is 0 Å². The fraction of sp³-hybridized carbons (Fsp3) is 0.154. The van der Waals surface area contributed by atoms with Crippen molar-refractivity contribution < 1.29 is 29.3 Å². The van der Waals surface area contributed by atoms with Crippen LogP contribution >= 0.6 is 0 Å². The highest BCUT2D eigenvalue weighted by molar-refractivity contribution is 5.97. The molecule has 0 aromatic carbocycles. The summed E-state index contributed by atoms with van der Waals surface area (Å²) in [5.41, 5.74) is -0.224. The smallest absolute Gasteiger partial charge is 0.383 e. The lowest BCUT2D eigenvalue weighted by Gasteiger charge is -2.22. The van der Waals surface area contributed by atoms with Crippen LogP contribution in [0.1, 0.15) is 11.5 Å². The number of dihydropyridines is 1. The Balaban J connectivity index is 2.65. The first-order chi connectivity index (χ1) is 9.97. The SMILES string of the molecule is COc1c(C2C(C(=O)O)=CNC=C2C(=O)O)ccc[n+]1[O-]. The Morgan fingerprint density at radius 2 is 1.86 bits per heavy atom. The predicted molar refractivity (Wildman–Crippen MR) is 69.3 cm³/mol. The average molecular weight is 292 g/mol. The highest BCUT2D eigenvalue weighted by Gasteiger charge is 2.36. The molecule has 0 amide bonds. The molecule has 2 heterocycles. The molecule has 0 saturated carbocycles.